The third kappa shape index (κ3) is 6.07. The van der Waals surface area contributed by atoms with Gasteiger partial charge in [0.05, 0.1) is 5.75 Å². The molecule has 0 radical (unpaired) electrons. The molecule has 0 unspecified atom stereocenters. The first-order valence-electron chi connectivity index (χ1n) is 7.04. The van der Waals surface area contributed by atoms with Crippen LogP contribution < -0.4 is 5.32 Å². The van der Waals surface area contributed by atoms with Crippen LogP contribution in [0.4, 0.5) is 5.69 Å². The number of hydrogen-bond donors (Lipinski definition) is 1. The standard InChI is InChI=1S/C17H15Cl2NO3S/c1-11-8-13(19)4-7-15(11)20-16(21)9-23-17(22)10-24-14-5-2-12(18)3-6-14/h2-8H,9-10H2,1H3,(H,20,21). The number of amides is 1. The van der Waals surface area contributed by atoms with Gasteiger partial charge in [0.1, 0.15) is 0 Å². The Morgan fingerprint density at radius 2 is 1.75 bits per heavy atom. The Morgan fingerprint density at radius 1 is 1.08 bits per heavy atom. The first-order valence-corrected chi connectivity index (χ1v) is 8.78. The lowest BCUT2D eigenvalue weighted by Crippen LogP contribution is -2.22. The molecule has 1 amide bonds. The van der Waals surface area contributed by atoms with Crippen LogP contribution in [0.3, 0.4) is 0 Å². The normalized spacial score (nSPS) is 10.3. The van der Waals surface area contributed by atoms with Crippen LogP contribution in [0.2, 0.25) is 10.0 Å². The monoisotopic (exact) mass is 383 g/mol. The van der Waals surface area contributed by atoms with Crippen molar-refractivity contribution in [3.63, 3.8) is 0 Å². The maximum absolute atomic E-state index is 11.8. The number of nitrogens with one attached hydrogen (secondary N) is 1. The van der Waals surface area contributed by atoms with E-state index in [1.165, 1.54) is 11.8 Å². The predicted molar refractivity (Wildman–Crippen MR) is 98.0 cm³/mol. The highest BCUT2D eigenvalue weighted by Gasteiger charge is 2.10. The summed E-state index contributed by atoms with van der Waals surface area (Å²) in [4.78, 5) is 24.4. The summed E-state index contributed by atoms with van der Waals surface area (Å²) in [6.45, 7) is 1.50. The molecule has 0 aliphatic rings. The summed E-state index contributed by atoms with van der Waals surface area (Å²) in [6.07, 6.45) is 0. The molecule has 0 saturated heterocycles. The fraction of sp³-hybridized carbons (Fsp3) is 0.176. The minimum atomic E-state index is -0.460. The molecule has 0 saturated carbocycles. The van der Waals surface area contributed by atoms with Gasteiger partial charge in [-0.2, -0.15) is 0 Å². The minimum absolute atomic E-state index is 0.120. The molecule has 0 spiro atoms. The number of thioether (sulfide) groups is 1. The van der Waals surface area contributed by atoms with Crippen molar-refractivity contribution in [3.05, 3.63) is 58.1 Å². The van der Waals surface area contributed by atoms with Crippen molar-refractivity contribution in [1.29, 1.82) is 0 Å². The highest BCUT2D eigenvalue weighted by molar-refractivity contribution is 8.00. The lowest BCUT2D eigenvalue weighted by Gasteiger charge is -2.09. The SMILES string of the molecule is Cc1cc(Cl)ccc1NC(=O)COC(=O)CSc1ccc(Cl)cc1. The fourth-order valence-corrected chi connectivity index (χ4v) is 2.86. The zero-order valence-electron chi connectivity index (χ0n) is 12.8. The van der Waals surface area contributed by atoms with Gasteiger partial charge in [-0.15, -0.1) is 11.8 Å². The largest absolute Gasteiger partial charge is 0.455 e. The third-order valence-corrected chi connectivity index (χ3v) is 4.47. The van der Waals surface area contributed by atoms with E-state index in [2.05, 4.69) is 5.32 Å². The minimum Gasteiger partial charge on any atom is -0.455 e. The summed E-state index contributed by atoms with van der Waals surface area (Å²) in [5, 5.41) is 3.91. The maximum atomic E-state index is 11.8. The van der Waals surface area contributed by atoms with Gasteiger partial charge in [-0.3, -0.25) is 9.59 Å². The zero-order valence-corrected chi connectivity index (χ0v) is 15.2. The molecule has 2 aromatic rings. The van der Waals surface area contributed by atoms with Gasteiger partial charge in [0.25, 0.3) is 5.91 Å². The third-order valence-electron chi connectivity index (χ3n) is 3.00. The molecule has 0 fully saturated rings. The lowest BCUT2D eigenvalue weighted by atomic mass is 10.2. The Hall–Kier alpha value is -1.69. The molecule has 2 aromatic carbocycles. The van der Waals surface area contributed by atoms with E-state index in [4.69, 9.17) is 27.9 Å². The van der Waals surface area contributed by atoms with Crippen LogP contribution in [-0.4, -0.2) is 24.2 Å². The van der Waals surface area contributed by atoms with Gasteiger partial charge < -0.3 is 10.1 Å². The van der Waals surface area contributed by atoms with Crippen LogP contribution in [0.5, 0.6) is 0 Å². The van der Waals surface area contributed by atoms with Crippen LogP contribution in [0.1, 0.15) is 5.56 Å². The van der Waals surface area contributed by atoms with Crippen molar-refractivity contribution in [2.24, 2.45) is 0 Å². The summed E-state index contributed by atoms with van der Waals surface area (Å²) in [6, 6.07) is 12.2. The molecule has 24 heavy (non-hydrogen) atoms. The number of anilines is 1. The van der Waals surface area contributed by atoms with E-state index in [0.717, 1.165) is 10.5 Å². The molecule has 0 aliphatic heterocycles. The van der Waals surface area contributed by atoms with Gasteiger partial charge >= 0.3 is 5.97 Å². The molecule has 2 rings (SSSR count). The van der Waals surface area contributed by atoms with Crippen molar-refractivity contribution in [2.75, 3.05) is 17.7 Å². The van der Waals surface area contributed by atoms with Gasteiger partial charge in [-0.1, -0.05) is 23.2 Å². The van der Waals surface area contributed by atoms with Crippen molar-refractivity contribution >= 4 is 52.5 Å². The van der Waals surface area contributed by atoms with Crippen molar-refractivity contribution < 1.29 is 14.3 Å². The molecule has 0 aromatic heterocycles. The fourth-order valence-electron chi connectivity index (χ4n) is 1.81. The second-order valence-corrected chi connectivity index (χ2v) is 6.83. The smallest absolute Gasteiger partial charge is 0.316 e. The Balaban J connectivity index is 1.74. The van der Waals surface area contributed by atoms with Crippen molar-refractivity contribution in [1.82, 2.24) is 0 Å². The number of benzene rings is 2. The van der Waals surface area contributed by atoms with E-state index in [9.17, 15) is 9.59 Å². The number of aryl methyl sites for hydroxylation is 1. The molecule has 4 nitrogen and oxygen atoms in total. The molecule has 7 heteroatoms. The number of esters is 1. The number of carbonyl (C=O) groups is 2. The average molecular weight is 384 g/mol. The topological polar surface area (TPSA) is 55.4 Å². The molecular formula is C17H15Cl2NO3S. The molecule has 0 aliphatic carbocycles. The first kappa shape index (κ1) is 18.6. The van der Waals surface area contributed by atoms with E-state index >= 15 is 0 Å². The average Bonchev–Trinajstić information content (AvgIpc) is 2.55. The van der Waals surface area contributed by atoms with Gasteiger partial charge in [-0.25, -0.2) is 0 Å². The van der Waals surface area contributed by atoms with E-state index in [1.807, 2.05) is 19.1 Å². The van der Waals surface area contributed by atoms with Gasteiger partial charge in [0.2, 0.25) is 0 Å². The number of hydrogen-bond acceptors (Lipinski definition) is 4. The van der Waals surface area contributed by atoms with E-state index < -0.39 is 11.9 Å². The van der Waals surface area contributed by atoms with E-state index in [0.29, 0.717) is 15.7 Å². The van der Waals surface area contributed by atoms with Crippen molar-refractivity contribution in [2.45, 2.75) is 11.8 Å². The summed E-state index contributed by atoms with van der Waals surface area (Å²) < 4.78 is 4.96. The molecule has 0 atom stereocenters. The second kappa shape index (κ2) is 8.97. The van der Waals surface area contributed by atoms with Gasteiger partial charge in [0, 0.05) is 20.6 Å². The summed E-state index contributed by atoms with van der Waals surface area (Å²) >= 11 is 13.0. The second-order valence-electron chi connectivity index (χ2n) is 4.91. The van der Waals surface area contributed by atoms with Crippen LogP contribution in [0.25, 0.3) is 0 Å². The van der Waals surface area contributed by atoms with Gasteiger partial charge in [0.15, 0.2) is 6.61 Å². The van der Waals surface area contributed by atoms with Crippen LogP contribution in [0.15, 0.2) is 47.4 Å². The lowest BCUT2D eigenvalue weighted by molar-refractivity contribution is -0.144. The molecule has 0 heterocycles. The molecule has 126 valence electrons. The van der Waals surface area contributed by atoms with Crippen LogP contribution in [0, 0.1) is 6.92 Å². The van der Waals surface area contributed by atoms with Crippen molar-refractivity contribution in [3.8, 4) is 0 Å². The Kier molecular flexibility index (Phi) is 6.97. The van der Waals surface area contributed by atoms with E-state index in [1.54, 1.807) is 30.3 Å². The Labute approximate surface area is 154 Å². The molecule has 0 bridgehead atoms. The summed E-state index contributed by atoms with van der Waals surface area (Å²) in [5.74, 6) is -0.738. The predicted octanol–water partition coefficient (Wildman–Crippen LogP) is 4.58. The summed E-state index contributed by atoms with van der Waals surface area (Å²) in [7, 11) is 0. The Bertz CT molecular complexity index is 735. The Morgan fingerprint density at radius 3 is 2.42 bits per heavy atom. The quantitative estimate of drug-likeness (QED) is 0.585. The number of carbonyl (C=O) groups excluding carboxylic acids is 2. The first-order chi connectivity index (χ1) is 11.4. The van der Waals surface area contributed by atoms with Gasteiger partial charge in [-0.05, 0) is 55.0 Å². The highest BCUT2D eigenvalue weighted by Crippen LogP contribution is 2.21. The summed E-state index contributed by atoms with van der Waals surface area (Å²) in [5.41, 5.74) is 1.47. The van der Waals surface area contributed by atoms with Crippen LogP contribution >= 0.6 is 35.0 Å². The number of halogens is 2. The van der Waals surface area contributed by atoms with Crippen LogP contribution in [-0.2, 0) is 14.3 Å². The van der Waals surface area contributed by atoms with E-state index in [-0.39, 0.29) is 12.4 Å². The zero-order chi connectivity index (χ0) is 17.5. The molecule has 1 N–H and O–H groups in total. The number of rotatable bonds is 6. The maximum Gasteiger partial charge on any atom is 0.316 e. The molecular weight excluding hydrogens is 369 g/mol. The highest BCUT2D eigenvalue weighted by atomic mass is 35.5. The number of ether oxygens (including phenoxy) is 1.